The van der Waals surface area contributed by atoms with Crippen molar-refractivity contribution in [2.75, 3.05) is 0 Å². The molecule has 80 valence electrons. The highest BCUT2D eigenvalue weighted by Crippen LogP contribution is 2.24. The van der Waals surface area contributed by atoms with E-state index in [-0.39, 0.29) is 5.38 Å². The Hall–Kier alpha value is -1.29. The van der Waals surface area contributed by atoms with Crippen LogP contribution in [0.1, 0.15) is 30.9 Å². The van der Waals surface area contributed by atoms with Crippen molar-refractivity contribution in [3.8, 4) is 11.7 Å². The van der Waals surface area contributed by atoms with Gasteiger partial charge in [-0.1, -0.05) is 6.92 Å². The Balaban J connectivity index is 2.28. The van der Waals surface area contributed by atoms with Crippen LogP contribution in [-0.4, -0.2) is 10.2 Å². The highest BCUT2D eigenvalue weighted by molar-refractivity contribution is 6.20. The van der Waals surface area contributed by atoms with Gasteiger partial charge in [0.05, 0.1) is 0 Å². The summed E-state index contributed by atoms with van der Waals surface area (Å²) in [6.45, 7) is 3.79. The van der Waals surface area contributed by atoms with Crippen molar-refractivity contribution in [1.82, 2.24) is 10.2 Å². The van der Waals surface area contributed by atoms with Gasteiger partial charge in [0.2, 0.25) is 5.89 Å². The van der Waals surface area contributed by atoms with Gasteiger partial charge in [-0.05, 0) is 19.1 Å². The predicted molar refractivity (Wildman–Crippen MR) is 55.6 cm³/mol. The first-order chi connectivity index (χ1) is 7.20. The molecule has 4 nitrogen and oxygen atoms in total. The molecule has 0 aromatic carbocycles. The third kappa shape index (κ3) is 2.04. The molecule has 0 bridgehead atoms. The van der Waals surface area contributed by atoms with Crippen LogP contribution in [0.25, 0.3) is 11.7 Å². The fourth-order valence-corrected chi connectivity index (χ4v) is 1.27. The normalized spacial score (nSPS) is 13.0. The lowest BCUT2D eigenvalue weighted by Gasteiger charge is -1.91. The molecule has 0 radical (unpaired) electrons. The first-order valence-corrected chi connectivity index (χ1v) is 5.21. The van der Waals surface area contributed by atoms with Crippen molar-refractivity contribution in [1.29, 1.82) is 0 Å². The molecule has 2 heterocycles. The van der Waals surface area contributed by atoms with Crippen molar-refractivity contribution < 1.29 is 8.83 Å². The Kier molecular flexibility index (Phi) is 2.77. The molecule has 5 heteroatoms. The number of aromatic nitrogens is 2. The van der Waals surface area contributed by atoms with Crippen molar-refractivity contribution in [2.45, 2.75) is 25.6 Å². The standard InChI is InChI=1S/C10H11ClN2O2/c1-3-7-4-5-8(14-7)10-13-12-9(15-10)6(2)11/h4-6H,3H2,1-2H3. The molecular weight excluding hydrogens is 216 g/mol. The molecule has 2 rings (SSSR count). The van der Waals surface area contributed by atoms with E-state index < -0.39 is 0 Å². The van der Waals surface area contributed by atoms with E-state index in [4.69, 9.17) is 20.4 Å². The molecule has 1 unspecified atom stereocenters. The summed E-state index contributed by atoms with van der Waals surface area (Å²) < 4.78 is 10.8. The Morgan fingerprint density at radius 1 is 1.33 bits per heavy atom. The Morgan fingerprint density at radius 3 is 2.67 bits per heavy atom. The van der Waals surface area contributed by atoms with Crippen LogP contribution < -0.4 is 0 Å². The average molecular weight is 227 g/mol. The molecule has 2 aromatic rings. The topological polar surface area (TPSA) is 52.1 Å². The van der Waals surface area contributed by atoms with E-state index >= 15 is 0 Å². The maximum atomic E-state index is 5.81. The highest BCUT2D eigenvalue weighted by Gasteiger charge is 2.14. The predicted octanol–water partition coefficient (Wildman–Crippen LogP) is 3.19. The lowest BCUT2D eigenvalue weighted by molar-refractivity contribution is 0.468. The number of rotatable bonds is 3. The lowest BCUT2D eigenvalue weighted by Crippen LogP contribution is -1.81. The van der Waals surface area contributed by atoms with Gasteiger partial charge in [0.25, 0.3) is 5.89 Å². The molecular formula is C10H11ClN2O2. The summed E-state index contributed by atoms with van der Waals surface area (Å²) in [5, 5.41) is 7.39. The van der Waals surface area contributed by atoms with Crippen molar-refractivity contribution in [3.05, 3.63) is 23.8 Å². The summed E-state index contributed by atoms with van der Waals surface area (Å²) in [5.74, 6) is 2.25. The molecule has 2 aromatic heterocycles. The van der Waals surface area contributed by atoms with E-state index in [1.165, 1.54) is 0 Å². The van der Waals surface area contributed by atoms with E-state index in [2.05, 4.69) is 10.2 Å². The van der Waals surface area contributed by atoms with Gasteiger partial charge in [-0.3, -0.25) is 0 Å². The van der Waals surface area contributed by atoms with E-state index in [1.807, 2.05) is 19.1 Å². The zero-order valence-electron chi connectivity index (χ0n) is 8.53. The quantitative estimate of drug-likeness (QED) is 0.755. The molecule has 0 N–H and O–H groups in total. The van der Waals surface area contributed by atoms with Crippen molar-refractivity contribution in [2.24, 2.45) is 0 Å². The van der Waals surface area contributed by atoms with Crippen molar-refractivity contribution >= 4 is 11.6 Å². The second-order valence-electron chi connectivity index (χ2n) is 3.18. The number of furan rings is 1. The number of halogens is 1. The molecule has 0 spiro atoms. The first kappa shape index (κ1) is 10.2. The first-order valence-electron chi connectivity index (χ1n) is 4.77. The number of hydrogen-bond acceptors (Lipinski definition) is 4. The van der Waals surface area contributed by atoms with Crippen LogP contribution in [0.5, 0.6) is 0 Å². The molecule has 15 heavy (non-hydrogen) atoms. The largest absolute Gasteiger partial charge is 0.456 e. The van der Waals surface area contributed by atoms with Crippen LogP contribution in [0.2, 0.25) is 0 Å². The van der Waals surface area contributed by atoms with Crippen LogP contribution in [0.4, 0.5) is 0 Å². The SMILES string of the molecule is CCc1ccc(-c2nnc(C(C)Cl)o2)o1. The minimum absolute atomic E-state index is 0.285. The van der Waals surface area contributed by atoms with E-state index in [1.54, 1.807) is 6.92 Å². The van der Waals surface area contributed by atoms with Gasteiger partial charge in [0.15, 0.2) is 5.76 Å². The molecule has 0 aliphatic heterocycles. The fraction of sp³-hybridized carbons (Fsp3) is 0.400. The summed E-state index contributed by atoms with van der Waals surface area (Å²) in [4.78, 5) is 0. The maximum absolute atomic E-state index is 5.81. The Bertz CT molecular complexity index is 448. The molecule has 0 saturated carbocycles. The van der Waals surface area contributed by atoms with Gasteiger partial charge < -0.3 is 8.83 Å². The monoisotopic (exact) mass is 226 g/mol. The van der Waals surface area contributed by atoms with Crippen LogP contribution in [0.3, 0.4) is 0 Å². The van der Waals surface area contributed by atoms with Gasteiger partial charge in [-0.25, -0.2) is 0 Å². The van der Waals surface area contributed by atoms with E-state index in [0.717, 1.165) is 12.2 Å². The molecule has 0 fully saturated rings. The van der Waals surface area contributed by atoms with Crippen LogP contribution >= 0.6 is 11.6 Å². The number of hydrogen-bond donors (Lipinski definition) is 0. The highest BCUT2D eigenvalue weighted by atomic mass is 35.5. The van der Waals surface area contributed by atoms with Gasteiger partial charge in [0.1, 0.15) is 11.1 Å². The minimum Gasteiger partial charge on any atom is -0.456 e. The summed E-state index contributed by atoms with van der Waals surface area (Å²) >= 11 is 5.81. The van der Waals surface area contributed by atoms with Gasteiger partial charge in [-0.2, -0.15) is 0 Å². The van der Waals surface area contributed by atoms with Crippen LogP contribution in [0, 0.1) is 0 Å². The van der Waals surface area contributed by atoms with Gasteiger partial charge >= 0.3 is 0 Å². The average Bonchev–Trinajstić information content (AvgIpc) is 2.86. The lowest BCUT2D eigenvalue weighted by atomic mass is 10.3. The Labute approximate surface area is 92.2 Å². The maximum Gasteiger partial charge on any atom is 0.283 e. The van der Waals surface area contributed by atoms with Crippen LogP contribution in [-0.2, 0) is 6.42 Å². The summed E-state index contributed by atoms with van der Waals surface area (Å²) in [6, 6.07) is 3.71. The zero-order valence-corrected chi connectivity index (χ0v) is 9.28. The zero-order chi connectivity index (χ0) is 10.8. The second kappa shape index (κ2) is 4.06. The molecule has 0 aliphatic rings. The smallest absolute Gasteiger partial charge is 0.283 e. The minimum atomic E-state index is -0.285. The third-order valence-corrected chi connectivity index (χ3v) is 2.19. The molecule has 1 atom stereocenters. The summed E-state index contributed by atoms with van der Waals surface area (Å²) in [7, 11) is 0. The second-order valence-corrected chi connectivity index (χ2v) is 3.84. The van der Waals surface area contributed by atoms with Crippen LogP contribution in [0.15, 0.2) is 21.0 Å². The molecule has 0 saturated heterocycles. The number of alkyl halides is 1. The van der Waals surface area contributed by atoms with Gasteiger partial charge in [-0.15, -0.1) is 21.8 Å². The van der Waals surface area contributed by atoms with E-state index in [0.29, 0.717) is 17.5 Å². The fourth-order valence-electron chi connectivity index (χ4n) is 1.18. The number of aryl methyl sites for hydroxylation is 1. The van der Waals surface area contributed by atoms with E-state index in [9.17, 15) is 0 Å². The molecule has 0 amide bonds. The Morgan fingerprint density at radius 2 is 2.13 bits per heavy atom. The summed E-state index contributed by atoms with van der Waals surface area (Å²) in [5.41, 5.74) is 0. The summed E-state index contributed by atoms with van der Waals surface area (Å²) in [6.07, 6.45) is 0.840. The van der Waals surface area contributed by atoms with Gasteiger partial charge in [0, 0.05) is 6.42 Å². The third-order valence-electron chi connectivity index (χ3n) is 2.00. The molecule has 0 aliphatic carbocycles. The number of nitrogens with zero attached hydrogens (tertiary/aromatic N) is 2. The van der Waals surface area contributed by atoms with Crippen molar-refractivity contribution in [3.63, 3.8) is 0 Å².